The zero-order chi connectivity index (χ0) is 13.6. The summed E-state index contributed by atoms with van der Waals surface area (Å²) >= 11 is 0. The molecule has 4 nitrogen and oxygen atoms in total. The Balaban J connectivity index is 1.62. The highest BCUT2D eigenvalue weighted by atomic mass is 16.7. The Hall–Kier alpha value is -1.39. The molecule has 1 aromatic carbocycles. The number of benzene rings is 1. The monoisotopic (exact) mass is 263 g/mol. The molecule has 0 spiro atoms. The van der Waals surface area contributed by atoms with E-state index in [2.05, 4.69) is 5.32 Å². The van der Waals surface area contributed by atoms with Gasteiger partial charge in [0.25, 0.3) is 0 Å². The first-order valence-corrected chi connectivity index (χ1v) is 6.76. The van der Waals surface area contributed by atoms with Crippen molar-refractivity contribution in [2.24, 2.45) is 0 Å². The predicted octanol–water partition coefficient (Wildman–Crippen LogP) is 1.89. The number of aryl methyl sites for hydroxylation is 1. The Labute approximate surface area is 114 Å². The van der Waals surface area contributed by atoms with Crippen molar-refractivity contribution in [1.82, 2.24) is 5.32 Å². The van der Waals surface area contributed by atoms with Crippen LogP contribution in [0.3, 0.4) is 0 Å². The third-order valence-corrected chi connectivity index (χ3v) is 3.28. The zero-order valence-electron chi connectivity index (χ0n) is 11.4. The molecule has 2 rings (SSSR count). The van der Waals surface area contributed by atoms with E-state index in [-0.39, 0.29) is 5.91 Å². The van der Waals surface area contributed by atoms with Crippen LogP contribution < -0.4 is 5.32 Å². The summed E-state index contributed by atoms with van der Waals surface area (Å²) in [7, 11) is 0. The van der Waals surface area contributed by atoms with Crippen LogP contribution in [0.15, 0.2) is 30.3 Å². The molecular formula is C15H21NO3. The predicted molar refractivity (Wildman–Crippen MR) is 72.7 cm³/mol. The van der Waals surface area contributed by atoms with Crippen LogP contribution in [0.2, 0.25) is 0 Å². The lowest BCUT2D eigenvalue weighted by atomic mass is 10.1. The number of hydrogen-bond donors (Lipinski definition) is 1. The smallest absolute Gasteiger partial charge is 0.220 e. The van der Waals surface area contributed by atoms with Gasteiger partial charge in [0, 0.05) is 19.4 Å². The quantitative estimate of drug-likeness (QED) is 0.852. The van der Waals surface area contributed by atoms with Crippen LogP contribution in [0, 0.1) is 0 Å². The van der Waals surface area contributed by atoms with Crippen molar-refractivity contribution in [2.75, 3.05) is 19.8 Å². The average Bonchev–Trinajstić information content (AvgIpc) is 2.85. The number of amides is 1. The van der Waals surface area contributed by atoms with E-state index < -0.39 is 5.79 Å². The lowest BCUT2D eigenvalue weighted by molar-refractivity contribution is -0.146. The molecule has 0 aliphatic carbocycles. The van der Waals surface area contributed by atoms with E-state index >= 15 is 0 Å². The van der Waals surface area contributed by atoms with E-state index in [0.717, 1.165) is 6.42 Å². The van der Waals surface area contributed by atoms with Crippen LogP contribution in [0.25, 0.3) is 0 Å². The number of hydrogen-bond acceptors (Lipinski definition) is 3. The summed E-state index contributed by atoms with van der Waals surface area (Å²) in [5.74, 6) is -0.447. The van der Waals surface area contributed by atoms with Gasteiger partial charge in [-0.2, -0.15) is 0 Å². The molecule has 1 aromatic rings. The average molecular weight is 263 g/mol. The summed E-state index contributed by atoms with van der Waals surface area (Å²) in [5.41, 5.74) is 1.19. The van der Waals surface area contributed by atoms with Gasteiger partial charge in [-0.15, -0.1) is 0 Å². The number of nitrogens with one attached hydrogen (secondary N) is 1. The highest BCUT2D eigenvalue weighted by Gasteiger charge is 2.30. The molecule has 1 aliphatic heterocycles. The van der Waals surface area contributed by atoms with Crippen molar-refractivity contribution in [2.45, 2.75) is 32.0 Å². The molecule has 4 heteroatoms. The fraction of sp³-hybridized carbons (Fsp3) is 0.533. The Morgan fingerprint density at radius 2 is 1.95 bits per heavy atom. The molecule has 0 saturated carbocycles. The molecule has 19 heavy (non-hydrogen) atoms. The van der Waals surface area contributed by atoms with Crippen molar-refractivity contribution in [3.63, 3.8) is 0 Å². The summed E-state index contributed by atoms with van der Waals surface area (Å²) in [6.45, 7) is 3.77. The minimum absolute atomic E-state index is 0.0745. The van der Waals surface area contributed by atoms with Gasteiger partial charge < -0.3 is 14.8 Å². The number of carbonyl (C=O) groups is 1. The first-order chi connectivity index (χ1) is 9.18. The maximum Gasteiger partial charge on any atom is 0.220 e. The Morgan fingerprint density at radius 3 is 2.63 bits per heavy atom. The minimum atomic E-state index is -0.521. The molecule has 0 bridgehead atoms. The van der Waals surface area contributed by atoms with Crippen molar-refractivity contribution in [1.29, 1.82) is 0 Å². The number of rotatable bonds is 6. The first kappa shape index (κ1) is 14.0. The van der Waals surface area contributed by atoms with Gasteiger partial charge in [-0.25, -0.2) is 0 Å². The van der Waals surface area contributed by atoms with Crippen molar-refractivity contribution < 1.29 is 14.3 Å². The minimum Gasteiger partial charge on any atom is -0.356 e. The summed E-state index contributed by atoms with van der Waals surface area (Å²) in [6.07, 6.45) is 1.98. The third-order valence-electron chi connectivity index (χ3n) is 3.28. The van der Waals surface area contributed by atoms with Gasteiger partial charge in [0.05, 0.1) is 13.2 Å². The molecule has 1 aliphatic rings. The van der Waals surface area contributed by atoms with Crippen LogP contribution in [0.1, 0.15) is 25.3 Å². The van der Waals surface area contributed by atoms with E-state index in [9.17, 15) is 4.79 Å². The molecule has 0 radical (unpaired) electrons. The number of ether oxygens (including phenoxy) is 2. The molecule has 0 aromatic heterocycles. The van der Waals surface area contributed by atoms with E-state index in [0.29, 0.717) is 32.6 Å². The van der Waals surface area contributed by atoms with Gasteiger partial charge in [0.15, 0.2) is 5.79 Å². The zero-order valence-corrected chi connectivity index (χ0v) is 11.4. The highest BCUT2D eigenvalue weighted by molar-refractivity contribution is 5.76. The molecule has 0 unspecified atom stereocenters. The Morgan fingerprint density at radius 1 is 1.26 bits per heavy atom. The summed E-state index contributed by atoms with van der Waals surface area (Å²) < 4.78 is 11.0. The molecule has 104 valence electrons. The lowest BCUT2D eigenvalue weighted by Crippen LogP contribution is -2.33. The second kappa shape index (κ2) is 6.68. The van der Waals surface area contributed by atoms with Gasteiger partial charge in [-0.3, -0.25) is 4.79 Å². The van der Waals surface area contributed by atoms with E-state index in [1.165, 1.54) is 5.56 Å². The van der Waals surface area contributed by atoms with Crippen LogP contribution >= 0.6 is 0 Å². The normalized spacial score (nSPS) is 17.3. The van der Waals surface area contributed by atoms with Gasteiger partial charge in [-0.05, 0) is 18.9 Å². The van der Waals surface area contributed by atoms with Gasteiger partial charge in [-0.1, -0.05) is 30.3 Å². The van der Waals surface area contributed by atoms with Crippen LogP contribution in [-0.2, 0) is 20.7 Å². The molecule has 0 atom stereocenters. The second-order valence-corrected chi connectivity index (χ2v) is 4.92. The maximum absolute atomic E-state index is 11.7. The van der Waals surface area contributed by atoms with Gasteiger partial charge in [0.1, 0.15) is 0 Å². The van der Waals surface area contributed by atoms with Crippen LogP contribution in [0.5, 0.6) is 0 Å². The topological polar surface area (TPSA) is 47.6 Å². The maximum atomic E-state index is 11.7. The molecule has 1 saturated heterocycles. The third kappa shape index (κ3) is 4.65. The molecular weight excluding hydrogens is 242 g/mol. The highest BCUT2D eigenvalue weighted by Crippen LogP contribution is 2.21. The molecule has 1 N–H and O–H groups in total. The summed E-state index contributed by atoms with van der Waals surface area (Å²) in [6, 6.07) is 10.0. The summed E-state index contributed by atoms with van der Waals surface area (Å²) in [4.78, 5) is 11.7. The fourth-order valence-electron chi connectivity index (χ4n) is 2.12. The van der Waals surface area contributed by atoms with Gasteiger partial charge >= 0.3 is 0 Å². The SMILES string of the molecule is CC1(CCNC(=O)CCc2ccccc2)OCCO1. The standard InChI is InChI=1S/C15H21NO3/c1-15(18-11-12-19-15)9-10-16-14(17)8-7-13-5-3-2-4-6-13/h2-6H,7-12H2,1H3,(H,16,17). The van der Waals surface area contributed by atoms with Crippen LogP contribution in [-0.4, -0.2) is 31.5 Å². The largest absolute Gasteiger partial charge is 0.356 e. The van der Waals surface area contributed by atoms with Crippen molar-refractivity contribution in [3.05, 3.63) is 35.9 Å². The fourth-order valence-corrected chi connectivity index (χ4v) is 2.12. The van der Waals surface area contributed by atoms with E-state index in [1.807, 2.05) is 37.3 Å². The van der Waals surface area contributed by atoms with E-state index in [1.54, 1.807) is 0 Å². The van der Waals surface area contributed by atoms with E-state index in [4.69, 9.17) is 9.47 Å². The van der Waals surface area contributed by atoms with Crippen LogP contribution in [0.4, 0.5) is 0 Å². The Bertz CT molecular complexity index is 399. The molecule has 1 heterocycles. The van der Waals surface area contributed by atoms with Gasteiger partial charge in [0.2, 0.25) is 5.91 Å². The van der Waals surface area contributed by atoms with Crippen molar-refractivity contribution in [3.8, 4) is 0 Å². The molecule has 1 amide bonds. The first-order valence-electron chi connectivity index (χ1n) is 6.76. The number of carbonyl (C=O) groups excluding carboxylic acids is 1. The summed E-state index contributed by atoms with van der Waals surface area (Å²) in [5, 5.41) is 2.91. The Kier molecular flexibility index (Phi) is 4.93. The second-order valence-electron chi connectivity index (χ2n) is 4.92. The molecule has 1 fully saturated rings. The van der Waals surface area contributed by atoms with Crippen molar-refractivity contribution >= 4 is 5.91 Å². The lowest BCUT2D eigenvalue weighted by Gasteiger charge is -2.22.